The third-order valence-electron chi connectivity index (χ3n) is 3.34. The lowest BCUT2D eigenvalue weighted by Crippen LogP contribution is -2.46. The second kappa shape index (κ2) is 7.30. The van der Waals surface area contributed by atoms with E-state index in [0.717, 1.165) is 10.5 Å². The van der Waals surface area contributed by atoms with Gasteiger partial charge in [-0.25, -0.2) is 4.79 Å². The average Bonchev–Trinajstić information content (AvgIpc) is 3.00. The van der Waals surface area contributed by atoms with Crippen molar-refractivity contribution in [2.24, 2.45) is 0 Å². The van der Waals surface area contributed by atoms with Crippen LogP contribution in [0.15, 0.2) is 24.5 Å². The van der Waals surface area contributed by atoms with Crippen molar-refractivity contribution in [3.05, 3.63) is 30.1 Å². The van der Waals surface area contributed by atoms with Crippen LogP contribution >= 0.6 is 0 Å². The molecule has 9 heteroatoms. The molecule has 23 heavy (non-hydrogen) atoms. The van der Waals surface area contributed by atoms with Crippen LogP contribution < -0.4 is 5.32 Å². The van der Waals surface area contributed by atoms with E-state index in [1.165, 1.54) is 0 Å². The lowest BCUT2D eigenvalue weighted by molar-refractivity contribution is -0.162. The number of likely N-dealkylation sites (tertiary alicyclic amines) is 1. The summed E-state index contributed by atoms with van der Waals surface area (Å²) in [5.41, 5.74) is 0.782. The maximum atomic E-state index is 12.1. The molecule has 1 fully saturated rings. The van der Waals surface area contributed by atoms with E-state index >= 15 is 0 Å². The van der Waals surface area contributed by atoms with Gasteiger partial charge in [-0.05, 0) is 24.5 Å². The first-order valence-electron chi connectivity index (χ1n) is 7.03. The van der Waals surface area contributed by atoms with Crippen molar-refractivity contribution < 1.29 is 27.5 Å². The van der Waals surface area contributed by atoms with Gasteiger partial charge in [-0.1, -0.05) is 6.07 Å². The van der Waals surface area contributed by atoms with Gasteiger partial charge in [-0.3, -0.25) is 14.7 Å². The van der Waals surface area contributed by atoms with Gasteiger partial charge in [-0.15, -0.1) is 0 Å². The number of carbonyl (C=O) groups is 2. The first kappa shape index (κ1) is 17.0. The molecule has 1 N–H and O–H groups in total. The van der Waals surface area contributed by atoms with Crippen LogP contribution in [0.5, 0.6) is 0 Å². The largest absolute Gasteiger partial charge is 0.440 e. The maximum absolute atomic E-state index is 12.1. The average molecular weight is 331 g/mol. The van der Waals surface area contributed by atoms with Crippen molar-refractivity contribution in [2.75, 3.05) is 13.2 Å². The Hall–Kier alpha value is -2.32. The van der Waals surface area contributed by atoms with Gasteiger partial charge >= 0.3 is 12.3 Å². The molecular weight excluding hydrogens is 315 g/mol. The molecule has 0 spiro atoms. The van der Waals surface area contributed by atoms with E-state index in [1.807, 2.05) is 0 Å². The number of halogens is 3. The van der Waals surface area contributed by atoms with Gasteiger partial charge in [-0.2, -0.15) is 13.2 Å². The molecule has 1 atom stereocenters. The molecule has 2 amide bonds. The number of rotatable bonds is 4. The van der Waals surface area contributed by atoms with E-state index in [9.17, 15) is 22.8 Å². The summed E-state index contributed by atoms with van der Waals surface area (Å²) in [5.74, 6) is -0.421. The summed E-state index contributed by atoms with van der Waals surface area (Å²) >= 11 is 0. The highest BCUT2D eigenvalue weighted by Crippen LogP contribution is 2.20. The summed E-state index contributed by atoms with van der Waals surface area (Å²) in [7, 11) is 0. The second-order valence-corrected chi connectivity index (χ2v) is 5.10. The number of carbonyl (C=O) groups excluding carboxylic acids is 2. The Morgan fingerprint density at radius 3 is 2.87 bits per heavy atom. The summed E-state index contributed by atoms with van der Waals surface area (Å²) in [6.45, 7) is -1.23. The lowest BCUT2D eigenvalue weighted by Gasteiger charge is -2.23. The van der Waals surface area contributed by atoms with Crippen molar-refractivity contribution in [3.63, 3.8) is 0 Å². The third kappa shape index (κ3) is 5.11. The molecule has 1 aromatic heterocycles. The highest BCUT2D eigenvalue weighted by Gasteiger charge is 2.37. The molecule has 126 valence electrons. The van der Waals surface area contributed by atoms with Crippen LogP contribution in [0.1, 0.15) is 18.4 Å². The van der Waals surface area contributed by atoms with Crippen molar-refractivity contribution in [3.8, 4) is 0 Å². The first-order chi connectivity index (χ1) is 10.9. The smallest absolute Gasteiger partial charge is 0.422 e. The van der Waals surface area contributed by atoms with E-state index < -0.39 is 30.8 Å². The van der Waals surface area contributed by atoms with Gasteiger partial charge in [0, 0.05) is 25.5 Å². The number of hydrogen-bond acceptors (Lipinski definition) is 4. The van der Waals surface area contributed by atoms with Gasteiger partial charge < -0.3 is 10.1 Å². The Labute approximate surface area is 130 Å². The van der Waals surface area contributed by atoms with E-state index in [0.29, 0.717) is 12.8 Å². The van der Waals surface area contributed by atoms with Crippen molar-refractivity contribution >= 4 is 12.0 Å². The number of aromatic nitrogens is 1. The Morgan fingerprint density at radius 1 is 1.43 bits per heavy atom. The zero-order valence-electron chi connectivity index (χ0n) is 12.2. The van der Waals surface area contributed by atoms with Crippen molar-refractivity contribution in [1.82, 2.24) is 15.2 Å². The molecule has 2 rings (SSSR count). The molecule has 2 heterocycles. The van der Waals surface area contributed by atoms with Gasteiger partial charge in [0.2, 0.25) is 5.91 Å². The van der Waals surface area contributed by atoms with Crippen LogP contribution in [0.25, 0.3) is 0 Å². The predicted octanol–water partition coefficient (Wildman–Crippen LogP) is 1.86. The quantitative estimate of drug-likeness (QED) is 0.914. The zero-order chi connectivity index (χ0) is 16.9. The normalized spacial score (nSPS) is 17.9. The molecule has 1 aliphatic heterocycles. The molecule has 6 nitrogen and oxygen atoms in total. The number of nitrogens with zero attached hydrogens (tertiary/aromatic N) is 2. The monoisotopic (exact) mass is 331 g/mol. The molecule has 0 radical (unpaired) electrons. The molecule has 0 saturated carbocycles. The van der Waals surface area contributed by atoms with Crippen molar-refractivity contribution in [2.45, 2.75) is 31.6 Å². The molecule has 1 aromatic rings. The first-order valence-corrected chi connectivity index (χ1v) is 7.03. The van der Waals surface area contributed by atoms with E-state index in [2.05, 4.69) is 15.0 Å². The standard InChI is InChI=1S/C14H16F3N3O3/c15-14(16,17)9-23-13(22)20-6-2-4-11(20)12(21)19-8-10-3-1-5-18-7-10/h1,3,5,7,11H,2,4,6,8-9H2,(H,19,21). The maximum Gasteiger partial charge on any atom is 0.422 e. The fraction of sp³-hybridized carbons (Fsp3) is 0.500. The Bertz CT molecular complexity index is 551. The predicted molar refractivity (Wildman–Crippen MR) is 73.2 cm³/mol. The number of pyridine rings is 1. The van der Waals surface area contributed by atoms with Crippen molar-refractivity contribution in [1.29, 1.82) is 0 Å². The molecule has 1 aliphatic rings. The number of amides is 2. The fourth-order valence-corrected chi connectivity index (χ4v) is 2.29. The molecule has 1 saturated heterocycles. The van der Waals surface area contributed by atoms with Crippen LogP contribution in [0, 0.1) is 0 Å². The Morgan fingerprint density at radius 2 is 2.22 bits per heavy atom. The van der Waals surface area contributed by atoms with Crippen LogP contribution in [-0.4, -0.2) is 47.3 Å². The molecule has 0 aromatic carbocycles. The molecule has 0 bridgehead atoms. The highest BCUT2D eigenvalue weighted by atomic mass is 19.4. The lowest BCUT2D eigenvalue weighted by atomic mass is 10.2. The summed E-state index contributed by atoms with van der Waals surface area (Å²) in [6, 6.07) is 2.68. The fourth-order valence-electron chi connectivity index (χ4n) is 2.29. The Balaban J connectivity index is 1.87. The van der Waals surface area contributed by atoms with Crippen LogP contribution in [-0.2, 0) is 16.1 Å². The van der Waals surface area contributed by atoms with Gasteiger partial charge in [0.25, 0.3) is 0 Å². The molecule has 0 aliphatic carbocycles. The summed E-state index contributed by atoms with van der Waals surface area (Å²) in [5, 5.41) is 2.65. The summed E-state index contributed by atoms with van der Waals surface area (Å²) in [4.78, 5) is 28.8. The van der Waals surface area contributed by atoms with Crippen LogP contribution in [0.3, 0.4) is 0 Å². The van der Waals surface area contributed by atoms with Crippen LogP contribution in [0.2, 0.25) is 0 Å². The van der Waals surface area contributed by atoms with E-state index in [1.54, 1.807) is 24.5 Å². The van der Waals surface area contributed by atoms with Crippen LogP contribution in [0.4, 0.5) is 18.0 Å². The van der Waals surface area contributed by atoms with Gasteiger partial charge in [0.15, 0.2) is 6.61 Å². The molecule has 1 unspecified atom stereocenters. The minimum atomic E-state index is -4.59. The minimum absolute atomic E-state index is 0.196. The zero-order valence-corrected chi connectivity index (χ0v) is 12.2. The Kier molecular flexibility index (Phi) is 5.41. The van der Waals surface area contributed by atoms with Gasteiger partial charge in [0.05, 0.1) is 0 Å². The highest BCUT2D eigenvalue weighted by molar-refractivity contribution is 5.86. The third-order valence-corrected chi connectivity index (χ3v) is 3.34. The number of hydrogen-bond donors (Lipinski definition) is 1. The summed E-state index contributed by atoms with van der Waals surface area (Å²) < 4.78 is 40.5. The molecular formula is C14H16F3N3O3. The SMILES string of the molecule is O=C(NCc1cccnc1)C1CCCN1C(=O)OCC(F)(F)F. The van der Waals surface area contributed by atoms with E-state index in [4.69, 9.17) is 0 Å². The number of nitrogens with one attached hydrogen (secondary N) is 1. The second-order valence-electron chi connectivity index (χ2n) is 5.10. The number of alkyl halides is 3. The summed E-state index contributed by atoms with van der Waals surface area (Å²) in [6.07, 6.45) is -1.61. The minimum Gasteiger partial charge on any atom is -0.440 e. The topological polar surface area (TPSA) is 71.5 Å². The van der Waals surface area contributed by atoms with Gasteiger partial charge in [0.1, 0.15) is 6.04 Å². The number of ether oxygens (including phenoxy) is 1. The van der Waals surface area contributed by atoms with E-state index in [-0.39, 0.29) is 13.1 Å².